The standard InChI is InChI=1S/C13H21NO.C12H17FN2/c15-13(11-7-3-1-4-8-11)14-12-9-5-2-6-10-12;1-2-14-7-9-15(10-8-14)12-6-4-3-5-11(12)13/h7,12H,1-6,8-10H2,(H,14,15);3-6H,2,7-10H2,1H3. The van der Waals surface area contributed by atoms with Crippen LogP contribution in [0.4, 0.5) is 10.1 Å². The lowest BCUT2D eigenvalue weighted by atomic mass is 9.94. The molecule has 1 aromatic rings. The van der Waals surface area contributed by atoms with Gasteiger partial charge in [0.15, 0.2) is 0 Å². The Morgan fingerprint density at radius 1 is 1.03 bits per heavy atom. The third kappa shape index (κ3) is 6.83. The van der Waals surface area contributed by atoms with Gasteiger partial charge in [0.2, 0.25) is 5.91 Å². The van der Waals surface area contributed by atoms with E-state index in [2.05, 4.69) is 28.1 Å². The summed E-state index contributed by atoms with van der Waals surface area (Å²) in [5, 5.41) is 3.18. The molecule has 0 atom stereocenters. The highest BCUT2D eigenvalue weighted by Crippen LogP contribution is 2.21. The minimum atomic E-state index is -0.109. The average Bonchev–Trinajstić information content (AvgIpc) is 2.81. The number of carbonyl (C=O) groups excluding carboxylic acids is 1. The Hall–Kier alpha value is -1.88. The van der Waals surface area contributed by atoms with E-state index in [1.165, 1.54) is 51.0 Å². The van der Waals surface area contributed by atoms with Crippen molar-refractivity contribution in [3.63, 3.8) is 0 Å². The lowest BCUT2D eigenvalue weighted by Crippen LogP contribution is -2.46. The maximum atomic E-state index is 13.5. The molecule has 0 radical (unpaired) electrons. The van der Waals surface area contributed by atoms with Gasteiger partial charge < -0.3 is 15.1 Å². The first-order valence-electron chi connectivity index (χ1n) is 11.9. The van der Waals surface area contributed by atoms with Crippen LogP contribution in [0.5, 0.6) is 0 Å². The third-order valence-electron chi connectivity index (χ3n) is 6.54. The maximum absolute atomic E-state index is 13.5. The number of rotatable bonds is 4. The summed E-state index contributed by atoms with van der Waals surface area (Å²) in [4.78, 5) is 16.4. The number of para-hydroxylation sites is 1. The molecule has 0 bridgehead atoms. The number of anilines is 1. The summed E-state index contributed by atoms with van der Waals surface area (Å²) in [6.07, 6.45) is 12.9. The Balaban J connectivity index is 0.000000171. The minimum absolute atomic E-state index is 0.109. The molecule has 2 fully saturated rings. The van der Waals surface area contributed by atoms with Gasteiger partial charge in [-0.05, 0) is 57.2 Å². The smallest absolute Gasteiger partial charge is 0.247 e. The van der Waals surface area contributed by atoms with Gasteiger partial charge in [0.1, 0.15) is 5.82 Å². The molecule has 4 nitrogen and oxygen atoms in total. The van der Waals surface area contributed by atoms with Crippen molar-refractivity contribution < 1.29 is 9.18 Å². The zero-order valence-corrected chi connectivity index (χ0v) is 18.5. The molecule has 1 saturated heterocycles. The van der Waals surface area contributed by atoms with Gasteiger partial charge in [-0.3, -0.25) is 4.79 Å². The first-order valence-corrected chi connectivity index (χ1v) is 11.9. The molecule has 1 aliphatic heterocycles. The van der Waals surface area contributed by atoms with Crippen molar-refractivity contribution in [2.75, 3.05) is 37.6 Å². The number of halogens is 1. The van der Waals surface area contributed by atoms with Crippen LogP contribution in [-0.4, -0.2) is 49.6 Å². The van der Waals surface area contributed by atoms with Gasteiger partial charge >= 0.3 is 0 Å². The maximum Gasteiger partial charge on any atom is 0.247 e. The second-order valence-corrected chi connectivity index (χ2v) is 8.66. The molecule has 1 N–H and O–H groups in total. The summed E-state index contributed by atoms with van der Waals surface area (Å²) in [5.74, 6) is 0.101. The van der Waals surface area contributed by atoms with Gasteiger partial charge in [-0.1, -0.05) is 44.4 Å². The Labute approximate surface area is 181 Å². The van der Waals surface area contributed by atoms with E-state index in [-0.39, 0.29) is 11.7 Å². The molecule has 0 spiro atoms. The van der Waals surface area contributed by atoms with E-state index in [1.807, 2.05) is 12.1 Å². The number of benzene rings is 1. The van der Waals surface area contributed by atoms with Gasteiger partial charge in [-0.25, -0.2) is 4.39 Å². The second kappa shape index (κ2) is 12.1. The fourth-order valence-corrected chi connectivity index (χ4v) is 4.58. The van der Waals surface area contributed by atoms with Crippen LogP contribution in [0, 0.1) is 5.82 Å². The number of nitrogens with zero attached hydrogens (tertiary/aromatic N) is 2. The summed E-state index contributed by atoms with van der Waals surface area (Å²) >= 11 is 0. The van der Waals surface area contributed by atoms with Crippen molar-refractivity contribution in [1.82, 2.24) is 10.2 Å². The first-order chi connectivity index (χ1) is 14.7. The highest BCUT2D eigenvalue weighted by Gasteiger charge is 2.19. The number of carbonyl (C=O) groups is 1. The molecule has 0 unspecified atom stereocenters. The van der Waals surface area contributed by atoms with Crippen molar-refractivity contribution >= 4 is 11.6 Å². The third-order valence-corrected chi connectivity index (χ3v) is 6.54. The molecule has 166 valence electrons. The minimum Gasteiger partial charge on any atom is -0.367 e. The van der Waals surface area contributed by atoms with Crippen molar-refractivity contribution in [2.45, 2.75) is 70.8 Å². The van der Waals surface area contributed by atoms with Gasteiger partial charge in [-0.2, -0.15) is 0 Å². The number of likely N-dealkylation sites (N-methyl/N-ethyl adjacent to an activating group) is 1. The monoisotopic (exact) mass is 415 g/mol. The molecular weight excluding hydrogens is 377 g/mol. The summed E-state index contributed by atoms with van der Waals surface area (Å²) in [6, 6.07) is 7.47. The topological polar surface area (TPSA) is 35.6 Å². The Bertz CT molecular complexity index is 691. The van der Waals surface area contributed by atoms with E-state index in [1.54, 1.807) is 6.07 Å². The van der Waals surface area contributed by atoms with Gasteiger partial charge in [-0.15, -0.1) is 0 Å². The van der Waals surface area contributed by atoms with Gasteiger partial charge in [0, 0.05) is 37.8 Å². The molecular formula is C25H38FN3O. The average molecular weight is 416 g/mol. The highest BCUT2D eigenvalue weighted by atomic mass is 19.1. The van der Waals surface area contributed by atoms with Crippen LogP contribution in [0.1, 0.15) is 64.7 Å². The Kier molecular flexibility index (Phi) is 9.19. The van der Waals surface area contributed by atoms with Crippen LogP contribution in [0.3, 0.4) is 0 Å². The zero-order chi connectivity index (χ0) is 21.2. The van der Waals surface area contributed by atoms with E-state index in [0.717, 1.165) is 56.8 Å². The van der Waals surface area contributed by atoms with Crippen LogP contribution in [-0.2, 0) is 4.79 Å². The van der Waals surface area contributed by atoms with Crippen LogP contribution < -0.4 is 10.2 Å². The predicted molar refractivity (Wildman–Crippen MR) is 122 cm³/mol. The second-order valence-electron chi connectivity index (χ2n) is 8.66. The van der Waals surface area contributed by atoms with Crippen LogP contribution in [0.25, 0.3) is 0 Å². The SMILES string of the molecule is CCN1CCN(c2ccccc2F)CC1.O=C(NC1CCCCC1)C1=CCCCC1. The van der Waals surface area contributed by atoms with Crippen molar-refractivity contribution in [2.24, 2.45) is 0 Å². The van der Waals surface area contributed by atoms with Crippen LogP contribution >= 0.6 is 0 Å². The molecule has 1 aromatic carbocycles. The molecule has 0 aromatic heterocycles. The van der Waals surface area contributed by atoms with E-state index in [0.29, 0.717) is 6.04 Å². The molecule has 1 saturated carbocycles. The van der Waals surface area contributed by atoms with Gasteiger partial charge in [0.05, 0.1) is 5.69 Å². The van der Waals surface area contributed by atoms with Crippen molar-refractivity contribution in [3.05, 3.63) is 41.7 Å². The fraction of sp³-hybridized carbons (Fsp3) is 0.640. The van der Waals surface area contributed by atoms with Crippen molar-refractivity contribution in [3.8, 4) is 0 Å². The summed E-state index contributed by atoms with van der Waals surface area (Å²) in [6.45, 7) is 7.17. The number of hydrogen-bond acceptors (Lipinski definition) is 3. The zero-order valence-electron chi connectivity index (χ0n) is 18.5. The molecule has 30 heavy (non-hydrogen) atoms. The number of nitrogens with one attached hydrogen (secondary N) is 1. The van der Waals surface area contributed by atoms with E-state index in [4.69, 9.17) is 0 Å². The largest absolute Gasteiger partial charge is 0.367 e. The Morgan fingerprint density at radius 3 is 2.40 bits per heavy atom. The fourth-order valence-electron chi connectivity index (χ4n) is 4.58. The lowest BCUT2D eigenvalue weighted by molar-refractivity contribution is -0.118. The summed E-state index contributed by atoms with van der Waals surface area (Å²) < 4.78 is 13.5. The van der Waals surface area contributed by atoms with E-state index >= 15 is 0 Å². The predicted octanol–water partition coefficient (Wildman–Crippen LogP) is 4.90. The first kappa shape index (κ1) is 22.8. The number of hydrogen-bond donors (Lipinski definition) is 1. The summed E-state index contributed by atoms with van der Waals surface area (Å²) in [5.41, 5.74) is 1.78. The quantitative estimate of drug-likeness (QED) is 0.759. The van der Waals surface area contributed by atoms with E-state index < -0.39 is 0 Å². The highest BCUT2D eigenvalue weighted by molar-refractivity contribution is 5.93. The van der Waals surface area contributed by atoms with Crippen LogP contribution in [0.15, 0.2) is 35.9 Å². The van der Waals surface area contributed by atoms with E-state index in [9.17, 15) is 9.18 Å². The number of allylic oxidation sites excluding steroid dienone is 1. The molecule has 4 rings (SSSR count). The normalized spacial score (nSPS) is 20.7. The lowest BCUT2D eigenvalue weighted by Gasteiger charge is -2.35. The molecule has 3 aliphatic rings. The number of piperazine rings is 1. The van der Waals surface area contributed by atoms with Crippen LogP contribution in [0.2, 0.25) is 0 Å². The number of amides is 1. The molecule has 5 heteroatoms. The van der Waals surface area contributed by atoms with Gasteiger partial charge in [0.25, 0.3) is 0 Å². The molecule has 1 heterocycles. The van der Waals surface area contributed by atoms with Crippen molar-refractivity contribution in [1.29, 1.82) is 0 Å². The molecule has 1 amide bonds. The summed E-state index contributed by atoms with van der Waals surface area (Å²) in [7, 11) is 0. The molecule has 2 aliphatic carbocycles. The Morgan fingerprint density at radius 2 is 1.77 bits per heavy atom.